The largest absolute Gasteiger partial charge is 0.376 e. The summed E-state index contributed by atoms with van der Waals surface area (Å²) in [5.74, 6) is 3.14. The zero-order chi connectivity index (χ0) is 20.1. The third-order valence-corrected chi connectivity index (χ3v) is 9.78. The molecule has 0 heterocycles. The van der Waals surface area contributed by atoms with Crippen LogP contribution in [-0.2, 0) is 5.41 Å². The lowest BCUT2D eigenvalue weighted by Crippen LogP contribution is -2.48. The Hall–Kier alpha value is -0.640. The second-order valence-electron chi connectivity index (χ2n) is 10.5. The summed E-state index contributed by atoms with van der Waals surface area (Å²) in [5, 5.41) is 3.88. The lowest BCUT2D eigenvalue weighted by atomic mass is 9.61. The van der Waals surface area contributed by atoms with Crippen LogP contribution in [0.5, 0.6) is 0 Å². The van der Waals surface area contributed by atoms with Crippen molar-refractivity contribution in [3.63, 3.8) is 0 Å². The Balaban J connectivity index is 1.41. The molecule has 158 valence electrons. The van der Waals surface area contributed by atoms with Crippen LogP contribution in [0.3, 0.4) is 0 Å². The lowest BCUT2D eigenvalue weighted by molar-refractivity contribution is 0.155. The Morgan fingerprint density at radius 3 is 2.59 bits per heavy atom. The van der Waals surface area contributed by atoms with Crippen LogP contribution in [0.1, 0.15) is 69.8 Å². The van der Waals surface area contributed by atoms with Gasteiger partial charge in [-0.3, -0.25) is 0 Å². The molecule has 0 amide bonds. The highest BCUT2D eigenvalue weighted by molar-refractivity contribution is 7.80. The van der Waals surface area contributed by atoms with Crippen molar-refractivity contribution >= 4 is 28.8 Å². The predicted molar refractivity (Wildman–Crippen MR) is 125 cm³/mol. The molecule has 0 spiro atoms. The maximum Gasteiger partial charge on any atom is 0.0821 e. The van der Waals surface area contributed by atoms with Crippen molar-refractivity contribution in [2.75, 3.05) is 5.88 Å². The highest BCUT2D eigenvalue weighted by Crippen LogP contribution is 2.73. The first-order valence-corrected chi connectivity index (χ1v) is 12.7. The van der Waals surface area contributed by atoms with E-state index in [0.29, 0.717) is 17.5 Å². The van der Waals surface area contributed by atoms with Crippen molar-refractivity contribution in [1.29, 1.82) is 0 Å². The number of thiocarbonyl (C=S) groups is 1. The van der Waals surface area contributed by atoms with Crippen LogP contribution < -0.4 is 11.1 Å². The maximum absolute atomic E-state index is 6.22. The molecule has 6 rings (SSSR count). The van der Waals surface area contributed by atoms with Gasteiger partial charge >= 0.3 is 0 Å². The number of alkyl halides is 1. The van der Waals surface area contributed by atoms with Crippen molar-refractivity contribution in [1.82, 2.24) is 5.32 Å². The van der Waals surface area contributed by atoms with Crippen LogP contribution in [0.25, 0.3) is 0 Å². The van der Waals surface area contributed by atoms with E-state index < -0.39 is 0 Å². The first-order valence-electron chi connectivity index (χ1n) is 11.7. The molecule has 0 saturated heterocycles. The Morgan fingerprint density at radius 2 is 1.86 bits per heavy atom. The van der Waals surface area contributed by atoms with Crippen LogP contribution in [-0.4, -0.2) is 23.0 Å². The van der Waals surface area contributed by atoms with Gasteiger partial charge in [0.25, 0.3) is 0 Å². The van der Waals surface area contributed by atoms with Crippen molar-refractivity contribution in [3.05, 3.63) is 35.9 Å². The quantitative estimate of drug-likeness (QED) is 0.457. The highest BCUT2D eigenvalue weighted by atomic mass is 35.5. The topological polar surface area (TPSA) is 38.0 Å². The Kier molecular flexibility index (Phi) is 5.45. The van der Waals surface area contributed by atoms with Gasteiger partial charge in [0.15, 0.2) is 0 Å². The van der Waals surface area contributed by atoms with Crippen molar-refractivity contribution in [2.45, 2.75) is 81.7 Å². The van der Waals surface area contributed by atoms with Gasteiger partial charge in [0, 0.05) is 23.4 Å². The third kappa shape index (κ3) is 3.36. The van der Waals surface area contributed by atoms with Gasteiger partial charge in [-0.15, -0.1) is 11.6 Å². The number of rotatable bonds is 6. The molecule has 0 aromatic heterocycles. The van der Waals surface area contributed by atoms with Crippen LogP contribution in [0.15, 0.2) is 30.3 Å². The van der Waals surface area contributed by atoms with Gasteiger partial charge in [0.1, 0.15) is 0 Å². The van der Waals surface area contributed by atoms with Crippen molar-refractivity contribution in [3.8, 4) is 0 Å². The zero-order valence-electron chi connectivity index (χ0n) is 17.4. The number of benzene rings is 1. The number of hydrogen-bond acceptors (Lipinski definition) is 2. The molecule has 5 saturated carbocycles. The average molecular weight is 431 g/mol. The summed E-state index contributed by atoms with van der Waals surface area (Å²) in [7, 11) is 0. The van der Waals surface area contributed by atoms with E-state index in [1.54, 1.807) is 5.56 Å². The highest BCUT2D eigenvalue weighted by Gasteiger charge is 2.69. The molecule has 2 nitrogen and oxygen atoms in total. The summed E-state index contributed by atoms with van der Waals surface area (Å²) in [4.78, 5) is 1.19. The lowest BCUT2D eigenvalue weighted by Gasteiger charge is -2.43. The maximum atomic E-state index is 6.22. The molecular formula is C25H35ClN2S. The van der Waals surface area contributed by atoms with Gasteiger partial charge in [0.05, 0.1) is 4.99 Å². The van der Waals surface area contributed by atoms with Gasteiger partial charge in [-0.1, -0.05) is 42.5 Å². The molecule has 0 aliphatic heterocycles. The van der Waals surface area contributed by atoms with E-state index in [2.05, 4.69) is 35.6 Å². The van der Waals surface area contributed by atoms with E-state index in [-0.39, 0.29) is 5.41 Å². The zero-order valence-corrected chi connectivity index (χ0v) is 19.0. The molecule has 1 aromatic carbocycles. The number of nitrogens with two attached hydrogens (primary N) is 1. The molecule has 4 heteroatoms. The van der Waals surface area contributed by atoms with E-state index in [4.69, 9.17) is 29.6 Å². The number of halogens is 1. The summed E-state index contributed by atoms with van der Waals surface area (Å²) < 4.78 is 0. The Labute approximate surface area is 186 Å². The Bertz CT molecular complexity index is 746. The second kappa shape index (κ2) is 7.80. The normalized spacial score (nSPS) is 42.9. The minimum Gasteiger partial charge on any atom is -0.376 e. The van der Waals surface area contributed by atoms with Crippen LogP contribution >= 0.6 is 23.8 Å². The predicted octanol–water partition coefficient (Wildman–Crippen LogP) is 5.57. The first-order chi connectivity index (χ1) is 14.1. The summed E-state index contributed by atoms with van der Waals surface area (Å²) in [5.41, 5.74) is 8.24. The van der Waals surface area contributed by atoms with Gasteiger partial charge in [-0.25, -0.2) is 0 Å². The van der Waals surface area contributed by atoms with Crippen LogP contribution in [0, 0.1) is 23.2 Å². The number of hydrogen-bond donors (Lipinski definition) is 2. The molecule has 5 unspecified atom stereocenters. The molecule has 5 aliphatic rings. The SMILES string of the molecule is NC1CCC(NC(=S)C23CC4CC(c5ccccc5)(CC2C4CCCCl)C3)CC1. The molecule has 5 fully saturated rings. The minimum atomic E-state index is 0.213. The van der Waals surface area contributed by atoms with E-state index in [0.717, 1.165) is 42.9 Å². The van der Waals surface area contributed by atoms with Gasteiger partial charge in [0.2, 0.25) is 0 Å². The fraction of sp³-hybridized carbons (Fsp3) is 0.720. The van der Waals surface area contributed by atoms with E-state index in [1.807, 2.05) is 0 Å². The first kappa shape index (κ1) is 20.3. The molecule has 1 aromatic rings. The Morgan fingerprint density at radius 1 is 1.10 bits per heavy atom. The van der Waals surface area contributed by atoms with Crippen molar-refractivity contribution in [2.24, 2.45) is 28.9 Å². The van der Waals surface area contributed by atoms with Gasteiger partial charge in [-0.05, 0) is 92.9 Å². The summed E-state index contributed by atoms with van der Waals surface area (Å²) >= 11 is 12.3. The average Bonchev–Trinajstić information content (AvgIpc) is 3.11. The molecule has 29 heavy (non-hydrogen) atoms. The van der Waals surface area contributed by atoms with Crippen LogP contribution in [0.4, 0.5) is 0 Å². The van der Waals surface area contributed by atoms with E-state index in [1.165, 1.54) is 49.9 Å². The van der Waals surface area contributed by atoms with E-state index >= 15 is 0 Å². The number of nitrogens with one attached hydrogen (secondary N) is 1. The minimum absolute atomic E-state index is 0.213. The van der Waals surface area contributed by atoms with Gasteiger partial charge < -0.3 is 11.1 Å². The summed E-state index contributed by atoms with van der Waals surface area (Å²) in [6, 6.07) is 12.2. The standard InChI is InChI=1S/C25H35ClN2S/c26-12-4-7-21-17-13-24(18-5-2-1-3-6-18)15-22(21)25(14-17,16-24)23(29)28-20-10-8-19(27)9-11-20/h1-3,5-6,17,19-22H,4,7-16,27H2,(H,28,29). The smallest absolute Gasteiger partial charge is 0.0821 e. The summed E-state index contributed by atoms with van der Waals surface area (Å²) in [6.45, 7) is 0. The molecular weight excluding hydrogens is 396 g/mol. The molecule has 5 atom stereocenters. The van der Waals surface area contributed by atoms with Gasteiger partial charge in [-0.2, -0.15) is 0 Å². The summed E-state index contributed by atoms with van der Waals surface area (Å²) in [6.07, 6.45) is 12.3. The van der Waals surface area contributed by atoms with E-state index in [9.17, 15) is 0 Å². The second-order valence-corrected chi connectivity index (χ2v) is 11.3. The molecule has 5 aliphatic carbocycles. The monoisotopic (exact) mass is 430 g/mol. The third-order valence-electron chi connectivity index (χ3n) is 8.99. The fourth-order valence-electron chi connectivity index (χ4n) is 7.85. The van der Waals surface area contributed by atoms with Crippen molar-refractivity contribution < 1.29 is 0 Å². The molecule has 0 radical (unpaired) electrons. The van der Waals surface area contributed by atoms with Crippen LogP contribution in [0.2, 0.25) is 0 Å². The fourth-order valence-corrected chi connectivity index (χ4v) is 8.48. The molecule has 3 N–H and O–H groups in total. The molecule has 4 bridgehead atoms.